The van der Waals surface area contributed by atoms with Crippen molar-refractivity contribution in [1.29, 1.82) is 0 Å². The number of rotatable bonds is 9. The quantitative estimate of drug-likeness (QED) is 0.523. The largest absolute Gasteiger partial charge is 0.488 e. The Hall–Kier alpha value is -3.64. The van der Waals surface area contributed by atoms with Crippen molar-refractivity contribution in [3.05, 3.63) is 101 Å². The summed E-state index contributed by atoms with van der Waals surface area (Å²) in [5, 5.41) is 0. The van der Waals surface area contributed by atoms with Gasteiger partial charge < -0.3 is 20.1 Å². The van der Waals surface area contributed by atoms with Crippen molar-refractivity contribution in [2.75, 3.05) is 14.1 Å². The number of carbonyl (C=O) groups is 2. The maximum absolute atomic E-state index is 12.7. The lowest BCUT2D eigenvalue weighted by Crippen LogP contribution is -2.34. The fourth-order valence-corrected chi connectivity index (χ4v) is 3.15. The molecule has 1 atom stereocenters. The van der Waals surface area contributed by atoms with Gasteiger partial charge in [0.15, 0.2) is 0 Å². The summed E-state index contributed by atoms with van der Waals surface area (Å²) in [6, 6.07) is 23.6. The Morgan fingerprint density at radius 2 is 1.44 bits per heavy atom. The predicted molar refractivity (Wildman–Crippen MR) is 123 cm³/mol. The first-order valence-electron chi connectivity index (χ1n) is 10.4. The van der Waals surface area contributed by atoms with Gasteiger partial charge in [-0.25, -0.2) is 0 Å². The third-order valence-corrected chi connectivity index (χ3v) is 4.90. The van der Waals surface area contributed by atoms with E-state index in [1.807, 2.05) is 66.7 Å². The van der Waals surface area contributed by atoms with Crippen molar-refractivity contribution in [2.45, 2.75) is 25.7 Å². The summed E-state index contributed by atoms with van der Waals surface area (Å²) in [6.07, 6.45) is 0.250. The smallest absolute Gasteiger partial charge is 0.323 e. The monoisotopic (exact) mass is 432 g/mol. The van der Waals surface area contributed by atoms with Gasteiger partial charge in [-0.3, -0.25) is 9.59 Å². The molecule has 32 heavy (non-hydrogen) atoms. The number of amides is 1. The fraction of sp³-hybridized carbons (Fsp3) is 0.231. The molecule has 3 rings (SSSR count). The summed E-state index contributed by atoms with van der Waals surface area (Å²) in [7, 11) is 3.37. The van der Waals surface area contributed by atoms with Crippen LogP contribution in [0.3, 0.4) is 0 Å². The molecule has 0 fully saturated rings. The van der Waals surface area contributed by atoms with Crippen molar-refractivity contribution in [3.63, 3.8) is 0 Å². The topological polar surface area (TPSA) is 81.9 Å². The van der Waals surface area contributed by atoms with E-state index >= 15 is 0 Å². The van der Waals surface area contributed by atoms with Crippen LogP contribution in [0.25, 0.3) is 0 Å². The molecule has 2 N–H and O–H groups in total. The normalized spacial score (nSPS) is 11.5. The summed E-state index contributed by atoms with van der Waals surface area (Å²) >= 11 is 0. The highest BCUT2D eigenvalue weighted by molar-refractivity contribution is 5.96. The molecular formula is C26H28N2O4. The average Bonchev–Trinajstić information content (AvgIpc) is 2.82. The highest BCUT2D eigenvalue weighted by atomic mass is 16.5. The van der Waals surface area contributed by atoms with E-state index in [1.54, 1.807) is 26.2 Å². The molecule has 3 aromatic rings. The van der Waals surface area contributed by atoms with Crippen molar-refractivity contribution in [2.24, 2.45) is 5.73 Å². The van der Waals surface area contributed by atoms with Crippen LogP contribution in [0, 0.1) is 0 Å². The molecule has 166 valence electrons. The molecule has 0 heterocycles. The first-order chi connectivity index (χ1) is 15.4. The van der Waals surface area contributed by atoms with Crippen molar-refractivity contribution >= 4 is 11.9 Å². The summed E-state index contributed by atoms with van der Waals surface area (Å²) in [6.45, 7) is 0.517. The van der Waals surface area contributed by atoms with Crippen LogP contribution in [0.2, 0.25) is 0 Å². The molecule has 0 aliphatic carbocycles. The molecule has 1 unspecified atom stereocenters. The molecular weight excluding hydrogens is 404 g/mol. The molecule has 0 bridgehead atoms. The van der Waals surface area contributed by atoms with E-state index in [9.17, 15) is 9.59 Å². The zero-order chi connectivity index (χ0) is 22.9. The van der Waals surface area contributed by atoms with E-state index in [1.165, 1.54) is 4.90 Å². The van der Waals surface area contributed by atoms with Gasteiger partial charge in [0.25, 0.3) is 5.91 Å². The lowest BCUT2D eigenvalue weighted by molar-refractivity contribution is -0.146. The Morgan fingerprint density at radius 3 is 2.03 bits per heavy atom. The first kappa shape index (κ1) is 23.0. The zero-order valence-electron chi connectivity index (χ0n) is 18.4. The number of hydrogen-bond acceptors (Lipinski definition) is 5. The highest BCUT2D eigenvalue weighted by Gasteiger charge is 2.20. The average molecular weight is 433 g/mol. The molecule has 0 aromatic heterocycles. The highest BCUT2D eigenvalue weighted by Crippen LogP contribution is 2.23. The van der Waals surface area contributed by atoms with Gasteiger partial charge in [0, 0.05) is 14.1 Å². The second-order valence-electron chi connectivity index (χ2n) is 7.71. The fourth-order valence-electron chi connectivity index (χ4n) is 3.15. The molecule has 0 spiro atoms. The minimum atomic E-state index is -0.836. The number of nitrogens with two attached hydrogens (primary N) is 1. The number of hydrogen-bond donors (Lipinski definition) is 1. The summed E-state index contributed by atoms with van der Waals surface area (Å²) < 4.78 is 11.2. The summed E-state index contributed by atoms with van der Waals surface area (Å²) in [5.74, 6) is -0.189. The van der Waals surface area contributed by atoms with Gasteiger partial charge >= 0.3 is 5.97 Å². The molecule has 0 saturated heterocycles. The van der Waals surface area contributed by atoms with Gasteiger partial charge in [-0.1, -0.05) is 66.7 Å². The molecule has 6 nitrogen and oxygen atoms in total. The summed E-state index contributed by atoms with van der Waals surface area (Å²) in [5.41, 5.74) is 9.15. The summed E-state index contributed by atoms with van der Waals surface area (Å²) in [4.78, 5) is 26.5. The minimum absolute atomic E-state index is 0.171. The Bertz CT molecular complexity index is 1040. The number of benzene rings is 3. The van der Waals surface area contributed by atoms with Crippen molar-refractivity contribution < 1.29 is 19.1 Å². The van der Waals surface area contributed by atoms with E-state index in [4.69, 9.17) is 15.2 Å². The van der Waals surface area contributed by atoms with E-state index in [-0.39, 0.29) is 18.9 Å². The molecule has 0 radical (unpaired) electrons. The molecule has 0 aliphatic heterocycles. The SMILES string of the molecule is CN(C)C(=O)c1cc(CC(N)C(=O)OCc2ccccc2)ccc1OCc1ccccc1. The van der Waals surface area contributed by atoms with Crippen LogP contribution in [-0.2, 0) is 29.2 Å². The lowest BCUT2D eigenvalue weighted by atomic mass is 10.0. The standard InChI is InChI=1S/C26H28N2O4/c1-28(2)25(29)22-15-21(13-14-24(22)31-17-19-9-5-3-6-10-19)16-23(27)26(30)32-18-20-11-7-4-8-12-20/h3-15,23H,16-18,27H2,1-2H3. The van der Waals surface area contributed by atoms with Gasteiger partial charge in [-0.15, -0.1) is 0 Å². The number of esters is 1. The molecule has 1 amide bonds. The maximum Gasteiger partial charge on any atom is 0.323 e. The van der Waals surface area contributed by atoms with Crippen LogP contribution in [-0.4, -0.2) is 36.9 Å². The van der Waals surface area contributed by atoms with Crippen LogP contribution in [0.4, 0.5) is 0 Å². The van der Waals surface area contributed by atoms with Crippen LogP contribution in [0.5, 0.6) is 5.75 Å². The Labute approximate surface area is 188 Å². The number of nitrogens with zero attached hydrogens (tertiary/aromatic N) is 1. The number of carbonyl (C=O) groups excluding carboxylic acids is 2. The van der Waals surface area contributed by atoms with E-state index in [0.29, 0.717) is 17.9 Å². The van der Waals surface area contributed by atoms with Crippen LogP contribution < -0.4 is 10.5 Å². The first-order valence-corrected chi connectivity index (χ1v) is 10.4. The van der Waals surface area contributed by atoms with Crippen molar-refractivity contribution in [1.82, 2.24) is 4.90 Å². The van der Waals surface area contributed by atoms with Gasteiger partial charge in [0.1, 0.15) is 25.0 Å². The lowest BCUT2D eigenvalue weighted by Gasteiger charge is -2.17. The molecule has 3 aromatic carbocycles. The van der Waals surface area contributed by atoms with Crippen LogP contribution >= 0.6 is 0 Å². The molecule has 6 heteroatoms. The van der Waals surface area contributed by atoms with Gasteiger partial charge in [-0.2, -0.15) is 0 Å². The Balaban J connectivity index is 1.68. The van der Waals surface area contributed by atoms with E-state index in [2.05, 4.69) is 0 Å². The van der Waals surface area contributed by atoms with Crippen LogP contribution in [0.1, 0.15) is 27.0 Å². The zero-order valence-corrected chi connectivity index (χ0v) is 18.4. The minimum Gasteiger partial charge on any atom is -0.488 e. The third-order valence-electron chi connectivity index (χ3n) is 4.90. The van der Waals surface area contributed by atoms with Gasteiger partial charge in [0.05, 0.1) is 5.56 Å². The van der Waals surface area contributed by atoms with Crippen LogP contribution in [0.15, 0.2) is 78.9 Å². The molecule has 0 aliphatic rings. The Morgan fingerprint density at radius 1 is 0.844 bits per heavy atom. The maximum atomic E-state index is 12.7. The predicted octanol–water partition coefficient (Wildman–Crippen LogP) is 3.58. The van der Waals surface area contributed by atoms with Crippen molar-refractivity contribution in [3.8, 4) is 5.75 Å². The molecule has 0 saturated carbocycles. The third kappa shape index (κ3) is 6.43. The van der Waals surface area contributed by atoms with E-state index < -0.39 is 12.0 Å². The Kier molecular flexibility index (Phi) is 8.00. The van der Waals surface area contributed by atoms with Gasteiger partial charge in [0.2, 0.25) is 0 Å². The second kappa shape index (κ2) is 11.1. The second-order valence-corrected chi connectivity index (χ2v) is 7.71. The number of ether oxygens (including phenoxy) is 2. The van der Waals surface area contributed by atoms with E-state index in [0.717, 1.165) is 16.7 Å². The van der Waals surface area contributed by atoms with Gasteiger partial charge in [-0.05, 0) is 35.2 Å².